The monoisotopic (exact) mass is 209 g/mol. The number of hydrogen-bond donors (Lipinski definition) is 2. The molecule has 1 heterocycles. The minimum atomic E-state index is -0.249. The van der Waals surface area contributed by atoms with Crippen molar-refractivity contribution in [3.63, 3.8) is 0 Å². The second kappa shape index (κ2) is 5.66. The van der Waals surface area contributed by atoms with Gasteiger partial charge in [0.05, 0.1) is 6.10 Å². The molecule has 0 saturated heterocycles. The Hall–Kier alpha value is -1.16. The van der Waals surface area contributed by atoms with E-state index in [1.807, 2.05) is 6.92 Å². The van der Waals surface area contributed by atoms with Crippen LogP contribution >= 0.6 is 0 Å². The van der Waals surface area contributed by atoms with Gasteiger partial charge >= 0.3 is 0 Å². The minimum absolute atomic E-state index is 0.249. The predicted octanol–water partition coefficient (Wildman–Crippen LogP) is 1.60. The molecule has 1 rings (SSSR count). The molecular weight excluding hydrogens is 190 g/mol. The van der Waals surface area contributed by atoms with Crippen molar-refractivity contribution in [3.05, 3.63) is 18.0 Å². The first-order chi connectivity index (χ1) is 7.08. The molecule has 0 radical (unpaired) electrons. The summed E-state index contributed by atoms with van der Waals surface area (Å²) < 4.78 is 0. The molecule has 1 aromatic heterocycles. The average Bonchev–Trinajstić information content (AvgIpc) is 2.16. The fourth-order valence-electron chi connectivity index (χ4n) is 1.42. The molecule has 2 N–H and O–H groups in total. The molecular formula is C11H19N3O. The zero-order chi connectivity index (χ0) is 11.3. The van der Waals surface area contributed by atoms with Gasteiger partial charge in [0.15, 0.2) is 0 Å². The second-order valence-corrected chi connectivity index (χ2v) is 4.15. The van der Waals surface area contributed by atoms with Crippen LogP contribution in [0.1, 0.15) is 25.8 Å². The Bertz CT molecular complexity index is 284. The van der Waals surface area contributed by atoms with Crippen LogP contribution in [0.3, 0.4) is 0 Å². The van der Waals surface area contributed by atoms with E-state index in [2.05, 4.69) is 22.2 Å². The van der Waals surface area contributed by atoms with E-state index in [1.165, 1.54) is 0 Å². The zero-order valence-electron chi connectivity index (χ0n) is 9.57. The van der Waals surface area contributed by atoms with Gasteiger partial charge < -0.3 is 10.4 Å². The summed E-state index contributed by atoms with van der Waals surface area (Å²) >= 11 is 0. The van der Waals surface area contributed by atoms with Gasteiger partial charge in [-0.15, -0.1) is 0 Å². The Morgan fingerprint density at radius 1 is 1.33 bits per heavy atom. The van der Waals surface area contributed by atoms with Gasteiger partial charge in [-0.1, -0.05) is 6.92 Å². The number of hydrogen-bond acceptors (Lipinski definition) is 4. The summed E-state index contributed by atoms with van der Waals surface area (Å²) in [5, 5.41) is 12.3. The molecule has 0 amide bonds. The highest BCUT2D eigenvalue weighted by Crippen LogP contribution is 2.07. The fraction of sp³-hybridized carbons (Fsp3) is 0.636. The lowest BCUT2D eigenvalue weighted by Gasteiger charge is -2.13. The van der Waals surface area contributed by atoms with Crippen LogP contribution in [-0.2, 0) is 0 Å². The summed E-state index contributed by atoms with van der Waals surface area (Å²) in [6.45, 7) is 6.64. The molecule has 0 aliphatic rings. The highest BCUT2D eigenvalue weighted by atomic mass is 16.3. The molecule has 0 aliphatic carbocycles. The summed E-state index contributed by atoms with van der Waals surface area (Å²) in [6.07, 6.45) is 4.11. The van der Waals surface area contributed by atoms with Crippen LogP contribution in [0.5, 0.6) is 0 Å². The lowest BCUT2D eigenvalue weighted by atomic mass is 10.1. The fourth-order valence-corrected chi connectivity index (χ4v) is 1.42. The summed E-state index contributed by atoms with van der Waals surface area (Å²) in [6, 6.07) is 0. The summed E-state index contributed by atoms with van der Waals surface area (Å²) in [7, 11) is 0. The van der Waals surface area contributed by atoms with Crippen molar-refractivity contribution >= 4 is 5.95 Å². The molecule has 0 spiro atoms. The van der Waals surface area contributed by atoms with E-state index in [0.717, 1.165) is 18.5 Å². The maximum absolute atomic E-state index is 9.20. The number of nitrogens with one attached hydrogen (secondary N) is 1. The van der Waals surface area contributed by atoms with E-state index < -0.39 is 0 Å². The normalized spacial score (nSPS) is 14.7. The van der Waals surface area contributed by atoms with Gasteiger partial charge in [-0.2, -0.15) is 0 Å². The smallest absolute Gasteiger partial charge is 0.222 e. The number of anilines is 1. The van der Waals surface area contributed by atoms with Crippen LogP contribution in [-0.4, -0.2) is 27.7 Å². The largest absolute Gasteiger partial charge is 0.393 e. The standard InChI is InChI=1S/C11H19N3O/c1-8(4-10(3)15)5-12-11-13-6-9(2)7-14-11/h6-8,10,15H,4-5H2,1-3H3,(H,12,13,14). The quantitative estimate of drug-likeness (QED) is 0.773. The third-order valence-corrected chi connectivity index (χ3v) is 2.13. The van der Waals surface area contributed by atoms with Gasteiger partial charge in [-0.05, 0) is 31.7 Å². The first kappa shape index (κ1) is 11.9. The van der Waals surface area contributed by atoms with Gasteiger partial charge in [0.25, 0.3) is 0 Å². The van der Waals surface area contributed by atoms with E-state index in [0.29, 0.717) is 11.9 Å². The van der Waals surface area contributed by atoms with E-state index >= 15 is 0 Å². The van der Waals surface area contributed by atoms with Gasteiger partial charge in [-0.3, -0.25) is 0 Å². The van der Waals surface area contributed by atoms with E-state index in [-0.39, 0.29) is 6.10 Å². The number of aryl methyl sites for hydroxylation is 1. The van der Waals surface area contributed by atoms with Crippen molar-refractivity contribution in [1.82, 2.24) is 9.97 Å². The van der Waals surface area contributed by atoms with E-state index in [9.17, 15) is 5.11 Å². The number of aromatic nitrogens is 2. The molecule has 1 aromatic rings. The molecule has 4 heteroatoms. The third-order valence-electron chi connectivity index (χ3n) is 2.13. The zero-order valence-corrected chi connectivity index (χ0v) is 9.57. The van der Waals surface area contributed by atoms with Crippen LogP contribution in [0, 0.1) is 12.8 Å². The topological polar surface area (TPSA) is 58.0 Å². The third kappa shape index (κ3) is 4.74. The molecule has 0 aromatic carbocycles. The highest BCUT2D eigenvalue weighted by molar-refractivity contribution is 5.24. The first-order valence-corrected chi connectivity index (χ1v) is 5.28. The van der Waals surface area contributed by atoms with Gasteiger partial charge in [0.2, 0.25) is 5.95 Å². The SMILES string of the molecule is Cc1cnc(NCC(C)CC(C)O)nc1. The molecule has 15 heavy (non-hydrogen) atoms. The van der Waals surface area contributed by atoms with Gasteiger partial charge in [0.1, 0.15) is 0 Å². The van der Waals surface area contributed by atoms with Crippen molar-refractivity contribution in [3.8, 4) is 0 Å². The molecule has 0 aliphatic heterocycles. The highest BCUT2D eigenvalue weighted by Gasteiger charge is 2.06. The number of aliphatic hydroxyl groups is 1. The van der Waals surface area contributed by atoms with E-state index in [1.54, 1.807) is 19.3 Å². The predicted molar refractivity (Wildman–Crippen MR) is 60.7 cm³/mol. The molecule has 4 nitrogen and oxygen atoms in total. The summed E-state index contributed by atoms with van der Waals surface area (Å²) in [5.41, 5.74) is 1.05. The average molecular weight is 209 g/mol. The molecule has 0 fully saturated rings. The van der Waals surface area contributed by atoms with Crippen molar-refractivity contribution < 1.29 is 5.11 Å². The van der Waals surface area contributed by atoms with Gasteiger partial charge in [0, 0.05) is 18.9 Å². The van der Waals surface area contributed by atoms with Crippen LogP contribution in [0.2, 0.25) is 0 Å². The Morgan fingerprint density at radius 2 is 1.93 bits per heavy atom. The number of nitrogens with zero attached hydrogens (tertiary/aromatic N) is 2. The Kier molecular flexibility index (Phi) is 4.49. The van der Waals surface area contributed by atoms with Crippen molar-refractivity contribution in [2.24, 2.45) is 5.92 Å². The van der Waals surface area contributed by atoms with Crippen molar-refractivity contribution in [2.75, 3.05) is 11.9 Å². The van der Waals surface area contributed by atoms with Gasteiger partial charge in [-0.25, -0.2) is 9.97 Å². The molecule has 84 valence electrons. The first-order valence-electron chi connectivity index (χ1n) is 5.28. The molecule has 2 unspecified atom stereocenters. The van der Waals surface area contributed by atoms with Crippen molar-refractivity contribution in [2.45, 2.75) is 33.3 Å². The minimum Gasteiger partial charge on any atom is -0.393 e. The molecule has 2 atom stereocenters. The van der Waals surface area contributed by atoms with Crippen LogP contribution in [0.4, 0.5) is 5.95 Å². The molecule has 0 bridgehead atoms. The number of rotatable bonds is 5. The second-order valence-electron chi connectivity index (χ2n) is 4.15. The number of aliphatic hydroxyl groups excluding tert-OH is 1. The summed E-state index contributed by atoms with van der Waals surface area (Å²) in [5.74, 6) is 1.06. The Morgan fingerprint density at radius 3 is 2.47 bits per heavy atom. The maximum Gasteiger partial charge on any atom is 0.222 e. The van der Waals surface area contributed by atoms with Crippen molar-refractivity contribution in [1.29, 1.82) is 0 Å². The van der Waals surface area contributed by atoms with Crippen LogP contribution < -0.4 is 5.32 Å². The lowest BCUT2D eigenvalue weighted by molar-refractivity contribution is 0.166. The van der Waals surface area contributed by atoms with E-state index in [4.69, 9.17) is 0 Å². The maximum atomic E-state index is 9.20. The van der Waals surface area contributed by atoms with Crippen LogP contribution in [0.25, 0.3) is 0 Å². The molecule has 0 saturated carbocycles. The van der Waals surface area contributed by atoms with Crippen LogP contribution in [0.15, 0.2) is 12.4 Å². The lowest BCUT2D eigenvalue weighted by Crippen LogP contribution is -2.17. The Labute approximate surface area is 90.8 Å². The summed E-state index contributed by atoms with van der Waals surface area (Å²) in [4.78, 5) is 8.29. The Balaban J connectivity index is 2.33.